The maximum absolute atomic E-state index is 13.2. The third-order valence-corrected chi connectivity index (χ3v) is 12.5. The molecule has 1 aliphatic carbocycles. The number of methoxy groups -OCH3 is 1. The molecule has 1 atom stereocenters. The highest BCUT2D eigenvalue weighted by molar-refractivity contribution is 6.74. The molecule has 0 aliphatic heterocycles. The number of amides is 1. The fourth-order valence-corrected chi connectivity index (χ4v) is 5.64. The van der Waals surface area contributed by atoms with Crippen molar-refractivity contribution in [1.82, 2.24) is 9.78 Å². The van der Waals surface area contributed by atoms with Crippen LogP contribution in [0.2, 0.25) is 23.2 Å². The van der Waals surface area contributed by atoms with E-state index in [1.807, 2.05) is 18.2 Å². The van der Waals surface area contributed by atoms with E-state index in [2.05, 4.69) is 44.3 Å². The van der Waals surface area contributed by atoms with E-state index in [1.165, 1.54) is 12.8 Å². The van der Waals surface area contributed by atoms with Crippen LogP contribution in [0, 0.1) is 5.92 Å². The molecule has 1 aromatic heterocycles. The summed E-state index contributed by atoms with van der Waals surface area (Å²) in [5.41, 5.74) is 2.20. The summed E-state index contributed by atoms with van der Waals surface area (Å²) < 4.78 is 20.1. The monoisotopic (exact) mass is 589 g/mol. The van der Waals surface area contributed by atoms with Gasteiger partial charge in [0.2, 0.25) is 0 Å². The quantitative estimate of drug-likeness (QED) is 0.183. The van der Waals surface area contributed by atoms with Crippen LogP contribution in [0.15, 0.2) is 48.7 Å². The van der Waals surface area contributed by atoms with E-state index in [-0.39, 0.29) is 22.9 Å². The molecule has 0 saturated heterocycles. The van der Waals surface area contributed by atoms with Crippen molar-refractivity contribution in [3.63, 3.8) is 0 Å². The molecule has 4 rings (SSSR count). The van der Waals surface area contributed by atoms with Gasteiger partial charge < -0.3 is 19.2 Å². The van der Waals surface area contributed by atoms with Gasteiger partial charge in [0.25, 0.3) is 5.91 Å². The average molecular weight is 591 g/mol. The van der Waals surface area contributed by atoms with E-state index in [0.717, 1.165) is 5.69 Å². The summed E-state index contributed by atoms with van der Waals surface area (Å²) in [5, 5.41) is 8.14. The number of carbonyl (C=O) groups excluding carboxylic acids is 1. The number of rotatable bonds is 11. The summed E-state index contributed by atoms with van der Waals surface area (Å²) in [6.45, 7) is 11.8. The number of anilines is 1. The van der Waals surface area contributed by atoms with Crippen LogP contribution in [0.4, 0.5) is 5.69 Å². The largest absolute Gasteiger partial charge is 0.493 e. The molecule has 2 aromatic carbocycles. The number of alkyl halides is 1. The van der Waals surface area contributed by atoms with E-state index in [1.54, 1.807) is 42.3 Å². The van der Waals surface area contributed by atoms with Crippen molar-refractivity contribution in [1.29, 1.82) is 0 Å². The van der Waals surface area contributed by atoms with Crippen LogP contribution in [-0.4, -0.2) is 43.8 Å². The molecule has 0 spiro atoms. The summed E-state index contributed by atoms with van der Waals surface area (Å²) in [5.74, 6) is 1.45. The predicted octanol–water partition coefficient (Wildman–Crippen LogP) is 7.70. The van der Waals surface area contributed by atoms with Crippen molar-refractivity contribution < 1.29 is 18.7 Å². The first-order valence-electron chi connectivity index (χ1n) is 13.1. The second-order valence-corrected chi connectivity index (χ2v) is 16.9. The van der Waals surface area contributed by atoms with Crippen LogP contribution in [-0.2, 0) is 10.3 Å². The maximum Gasteiger partial charge on any atom is 0.259 e. The molecule has 1 saturated carbocycles. The van der Waals surface area contributed by atoms with Gasteiger partial charge in [0.05, 0.1) is 36.0 Å². The van der Waals surface area contributed by atoms with Crippen molar-refractivity contribution in [3.8, 4) is 17.2 Å². The third kappa shape index (κ3) is 7.17. The third-order valence-electron chi connectivity index (χ3n) is 7.48. The summed E-state index contributed by atoms with van der Waals surface area (Å²) >= 11 is 12.1. The average Bonchev–Trinajstić information content (AvgIpc) is 3.64. The second-order valence-electron chi connectivity index (χ2n) is 11.4. The van der Waals surface area contributed by atoms with Gasteiger partial charge in [0, 0.05) is 23.0 Å². The maximum atomic E-state index is 13.2. The fourth-order valence-electron chi connectivity index (χ4n) is 3.95. The van der Waals surface area contributed by atoms with E-state index in [4.69, 9.17) is 37.1 Å². The van der Waals surface area contributed by atoms with Gasteiger partial charge in [-0.1, -0.05) is 32.4 Å². The van der Waals surface area contributed by atoms with Crippen molar-refractivity contribution in [2.75, 3.05) is 19.0 Å². The molecule has 1 amide bonds. The number of hydrogen-bond donors (Lipinski definition) is 1. The second kappa shape index (κ2) is 11.9. The van der Waals surface area contributed by atoms with E-state index >= 15 is 0 Å². The lowest BCUT2D eigenvalue weighted by Crippen LogP contribution is -2.46. The lowest BCUT2D eigenvalue weighted by Gasteiger charge is -2.39. The highest BCUT2D eigenvalue weighted by Gasteiger charge is 2.43. The van der Waals surface area contributed by atoms with Crippen LogP contribution >= 0.6 is 23.2 Å². The van der Waals surface area contributed by atoms with Gasteiger partial charge in [-0.25, -0.2) is 4.68 Å². The molecule has 7 nitrogen and oxygen atoms in total. The summed E-state index contributed by atoms with van der Waals surface area (Å²) in [6, 6.07) is 12.5. The highest BCUT2D eigenvalue weighted by Crippen LogP contribution is 2.42. The normalized spacial score (nSPS) is 14.7. The van der Waals surface area contributed by atoms with Crippen LogP contribution in [0.5, 0.6) is 11.5 Å². The van der Waals surface area contributed by atoms with Crippen LogP contribution in [0.3, 0.4) is 0 Å². The predicted molar refractivity (Wildman–Crippen MR) is 159 cm³/mol. The Labute approximate surface area is 241 Å². The van der Waals surface area contributed by atoms with E-state index in [9.17, 15) is 4.79 Å². The molecule has 3 aromatic rings. The molecule has 1 N–H and O–H groups in total. The van der Waals surface area contributed by atoms with Crippen LogP contribution in [0.1, 0.15) is 49.7 Å². The number of carbonyl (C=O) groups is 1. The Bertz CT molecular complexity index is 1300. The lowest BCUT2D eigenvalue weighted by molar-refractivity contribution is 0.0959. The lowest BCUT2D eigenvalue weighted by atomic mass is 10.2. The summed E-state index contributed by atoms with van der Waals surface area (Å²) in [7, 11) is -0.338. The molecule has 39 heavy (non-hydrogen) atoms. The summed E-state index contributed by atoms with van der Waals surface area (Å²) in [6.07, 6.45) is 4.06. The van der Waals surface area contributed by atoms with Gasteiger partial charge in [-0.3, -0.25) is 4.79 Å². The molecular formula is C29H37Cl2N3O4Si. The Morgan fingerprint density at radius 2 is 1.85 bits per heavy atom. The number of ether oxygens (including phenoxy) is 2. The molecule has 1 aliphatic rings. The zero-order valence-corrected chi connectivity index (χ0v) is 25.9. The zero-order chi connectivity index (χ0) is 28.4. The Kier molecular flexibility index (Phi) is 9.00. The van der Waals surface area contributed by atoms with Gasteiger partial charge in [0.1, 0.15) is 6.61 Å². The Morgan fingerprint density at radius 1 is 1.15 bits per heavy atom. The van der Waals surface area contributed by atoms with Gasteiger partial charge in [-0.2, -0.15) is 5.10 Å². The SMILES string of the molecule is COc1cc(NC(=O)c2cn(-c3ccc(Cl)cc3)nc2CCl)ccc1OCC(O[Si](C)(C)C(C)(C)C)C1CC1. The molecule has 1 fully saturated rings. The topological polar surface area (TPSA) is 74.6 Å². The van der Waals surface area contributed by atoms with Crippen LogP contribution in [0.25, 0.3) is 5.69 Å². The fraction of sp³-hybridized carbons (Fsp3) is 0.448. The first-order valence-corrected chi connectivity index (χ1v) is 16.9. The van der Waals surface area contributed by atoms with Gasteiger partial charge in [-0.05, 0) is 73.3 Å². The molecule has 0 radical (unpaired) electrons. The number of aromatic nitrogens is 2. The smallest absolute Gasteiger partial charge is 0.259 e. The standard InChI is InChI=1S/C29H37Cl2N3O4Si/c1-29(2,3)39(5,6)38-27(19-7-8-19)18-37-25-14-11-21(15-26(25)36-4)32-28(35)23-17-34(33-24(23)16-30)22-12-9-20(31)10-13-22/h9-15,17,19,27H,7-8,16,18H2,1-6H3,(H,32,35). The zero-order valence-electron chi connectivity index (χ0n) is 23.4. The van der Waals surface area contributed by atoms with Gasteiger partial charge in [0.15, 0.2) is 19.8 Å². The van der Waals surface area contributed by atoms with Gasteiger partial charge >= 0.3 is 0 Å². The number of nitrogens with one attached hydrogen (secondary N) is 1. The Hall–Kier alpha value is -2.52. The first kappa shape index (κ1) is 29.5. The van der Waals surface area contributed by atoms with Crippen molar-refractivity contribution >= 4 is 43.1 Å². The first-order chi connectivity index (χ1) is 18.4. The molecule has 1 unspecified atom stereocenters. The molecular weight excluding hydrogens is 553 g/mol. The van der Waals surface area contributed by atoms with Crippen LogP contribution < -0.4 is 14.8 Å². The number of hydrogen-bond acceptors (Lipinski definition) is 5. The number of nitrogens with zero attached hydrogens (tertiary/aromatic N) is 2. The minimum atomic E-state index is -1.92. The molecule has 1 heterocycles. The van der Waals surface area contributed by atoms with E-state index < -0.39 is 8.32 Å². The minimum Gasteiger partial charge on any atom is -0.493 e. The minimum absolute atomic E-state index is 0.0566. The molecule has 210 valence electrons. The Morgan fingerprint density at radius 3 is 2.44 bits per heavy atom. The number of benzene rings is 2. The highest BCUT2D eigenvalue weighted by atomic mass is 35.5. The molecule has 0 bridgehead atoms. The van der Waals surface area contributed by atoms with Gasteiger partial charge in [-0.15, -0.1) is 11.6 Å². The summed E-state index contributed by atoms with van der Waals surface area (Å²) in [4.78, 5) is 13.2. The van der Waals surface area contributed by atoms with Crippen molar-refractivity contribution in [2.45, 2.75) is 63.7 Å². The molecule has 10 heteroatoms. The van der Waals surface area contributed by atoms with E-state index in [0.29, 0.717) is 46.0 Å². The van der Waals surface area contributed by atoms with Crippen molar-refractivity contribution in [3.05, 3.63) is 64.9 Å². The Balaban J connectivity index is 1.45. The number of halogens is 2. The van der Waals surface area contributed by atoms with Crippen molar-refractivity contribution in [2.24, 2.45) is 5.92 Å².